The van der Waals surface area contributed by atoms with Crippen LogP contribution in [0.1, 0.15) is 27.2 Å². The van der Waals surface area contributed by atoms with Gasteiger partial charge in [0.05, 0.1) is 12.0 Å². The zero-order chi connectivity index (χ0) is 19.4. The van der Waals surface area contributed by atoms with Crippen LogP contribution in [0.3, 0.4) is 0 Å². The molecule has 0 spiro atoms. The highest BCUT2D eigenvalue weighted by Crippen LogP contribution is 2.18. The number of amides is 1. The molecule has 0 saturated carbocycles. The molecule has 7 nitrogen and oxygen atoms in total. The lowest BCUT2D eigenvalue weighted by molar-refractivity contribution is -0.128. The van der Waals surface area contributed by atoms with Crippen molar-refractivity contribution in [1.29, 1.82) is 0 Å². The molecule has 0 radical (unpaired) electrons. The Morgan fingerprint density at radius 3 is 2.65 bits per heavy atom. The van der Waals surface area contributed by atoms with Crippen molar-refractivity contribution < 1.29 is 14.3 Å². The molecule has 1 aromatic carbocycles. The van der Waals surface area contributed by atoms with E-state index in [9.17, 15) is 4.79 Å². The van der Waals surface area contributed by atoms with Gasteiger partial charge in [0, 0.05) is 52.0 Å². The summed E-state index contributed by atoms with van der Waals surface area (Å²) in [5.74, 6) is 1.39. The normalized spacial score (nSPS) is 11.8. The van der Waals surface area contributed by atoms with Crippen molar-refractivity contribution in [1.82, 2.24) is 10.6 Å². The van der Waals surface area contributed by atoms with Crippen LogP contribution >= 0.6 is 0 Å². The fourth-order valence-corrected chi connectivity index (χ4v) is 2.16. The molecule has 0 atom stereocenters. The van der Waals surface area contributed by atoms with Crippen molar-refractivity contribution in [2.75, 3.05) is 45.8 Å². The number of carbonyl (C=O) groups is 1. The first kappa shape index (κ1) is 21.8. The molecule has 26 heavy (non-hydrogen) atoms. The van der Waals surface area contributed by atoms with E-state index in [1.54, 1.807) is 14.2 Å². The van der Waals surface area contributed by atoms with Gasteiger partial charge in [0.15, 0.2) is 5.96 Å². The molecule has 0 aliphatic heterocycles. The van der Waals surface area contributed by atoms with E-state index in [1.165, 1.54) is 0 Å². The Morgan fingerprint density at radius 2 is 2.00 bits per heavy atom. The van der Waals surface area contributed by atoms with Crippen LogP contribution in [0.2, 0.25) is 0 Å². The molecule has 0 unspecified atom stereocenters. The van der Waals surface area contributed by atoms with Gasteiger partial charge in [-0.1, -0.05) is 6.07 Å². The van der Waals surface area contributed by atoms with Crippen LogP contribution in [-0.2, 0) is 9.53 Å². The second-order valence-electron chi connectivity index (χ2n) is 6.52. The molecule has 7 heteroatoms. The molecule has 0 aromatic heterocycles. The van der Waals surface area contributed by atoms with E-state index in [-0.39, 0.29) is 5.91 Å². The van der Waals surface area contributed by atoms with E-state index in [4.69, 9.17) is 9.47 Å². The topological polar surface area (TPSA) is 84.0 Å². The summed E-state index contributed by atoms with van der Waals surface area (Å²) in [5, 5.41) is 9.26. The van der Waals surface area contributed by atoms with Crippen molar-refractivity contribution in [2.24, 2.45) is 10.4 Å². The van der Waals surface area contributed by atoms with Crippen molar-refractivity contribution in [3.63, 3.8) is 0 Å². The lowest BCUT2D eigenvalue weighted by atomic mass is 9.92. The number of nitrogens with zero attached hydrogens (tertiary/aromatic N) is 1. The van der Waals surface area contributed by atoms with Gasteiger partial charge in [0.2, 0.25) is 5.91 Å². The Bertz CT molecular complexity index is 588. The molecule has 1 rings (SSSR count). The molecular formula is C19H32N4O3. The number of hydrogen-bond donors (Lipinski definition) is 3. The van der Waals surface area contributed by atoms with Crippen LogP contribution in [0, 0.1) is 5.41 Å². The lowest BCUT2D eigenvalue weighted by Gasteiger charge is -2.24. The Labute approximate surface area is 156 Å². The predicted octanol–water partition coefficient (Wildman–Crippen LogP) is 2.25. The Balaban J connectivity index is 2.58. The predicted molar refractivity (Wildman–Crippen MR) is 106 cm³/mol. The number of anilines is 1. The minimum atomic E-state index is -0.542. The van der Waals surface area contributed by atoms with Crippen LogP contribution in [0.5, 0.6) is 5.75 Å². The molecule has 146 valence electrons. The van der Waals surface area contributed by atoms with Gasteiger partial charge < -0.3 is 25.4 Å². The summed E-state index contributed by atoms with van der Waals surface area (Å²) in [6, 6.07) is 7.67. The standard InChI is InChI=1S/C19H32N4O3/c1-6-21-17(24)19(2,3)14-22-18(20-4)23-15-9-7-10-16(13-15)26-12-8-11-25-5/h7,9-10,13H,6,8,11-12,14H2,1-5H3,(H,21,24)(H2,20,22,23). The number of carbonyl (C=O) groups excluding carboxylic acids is 1. The van der Waals surface area contributed by atoms with E-state index in [0.29, 0.717) is 32.3 Å². The average molecular weight is 364 g/mol. The number of ether oxygens (including phenoxy) is 2. The Kier molecular flexibility index (Phi) is 9.51. The zero-order valence-corrected chi connectivity index (χ0v) is 16.5. The molecule has 1 amide bonds. The summed E-state index contributed by atoms with van der Waals surface area (Å²) in [7, 11) is 3.37. The number of aliphatic imine (C=N–C) groups is 1. The minimum absolute atomic E-state index is 0.00871. The average Bonchev–Trinajstić information content (AvgIpc) is 2.63. The highest BCUT2D eigenvalue weighted by molar-refractivity contribution is 5.94. The van der Waals surface area contributed by atoms with E-state index >= 15 is 0 Å². The van der Waals surface area contributed by atoms with E-state index < -0.39 is 5.41 Å². The third kappa shape index (κ3) is 7.74. The van der Waals surface area contributed by atoms with Crippen LogP contribution in [0.15, 0.2) is 29.3 Å². The highest BCUT2D eigenvalue weighted by atomic mass is 16.5. The molecule has 0 heterocycles. The summed E-state index contributed by atoms with van der Waals surface area (Å²) >= 11 is 0. The van der Waals surface area contributed by atoms with Crippen molar-refractivity contribution >= 4 is 17.6 Å². The fourth-order valence-electron chi connectivity index (χ4n) is 2.16. The van der Waals surface area contributed by atoms with Crippen molar-refractivity contribution in [3.05, 3.63) is 24.3 Å². The quantitative estimate of drug-likeness (QED) is 0.337. The zero-order valence-electron chi connectivity index (χ0n) is 16.5. The first-order valence-corrected chi connectivity index (χ1v) is 8.90. The summed E-state index contributed by atoms with van der Waals surface area (Å²) < 4.78 is 10.7. The molecule has 3 N–H and O–H groups in total. The number of nitrogens with one attached hydrogen (secondary N) is 3. The number of methoxy groups -OCH3 is 1. The molecule has 0 saturated heterocycles. The van der Waals surface area contributed by atoms with Gasteiger partial charge in [0.25, 0.3) is 0 Å². The van der Waals surface area contributed by atoms with Gasteiger partial charge in [-0.25, -0.2) is 0 Å². The van der Waals surface area contributed by atoms with Gasteiger partial charge in [-0.15, -0.1) is 0 Å². The van der Waals surface area contributed by atoms with E-state index in [2.05, 4.69) is 20.9 Å². The van der Waals surface area contributed by atoms with Gasteiger partial charge in [-0.05, 0) is 32.9 Å². The highest BCUT2D eigenvalue weighted by Gasteiger charge is 2.27. The summed E-state index contributed by atoms with van der Waals surface area (Å²) in [4.78, 5) is 16.3. The second-order valence-corrected chi connectivity index (χ2v) is 6.52. The fraction of sp³-hybridized carbons (Fsp3) is 0.579. The van der Waals surface area contributed by atoms with Gasteiger partial charge >= 0.3 is 0 Å². The maximum atomic E-state index is 12.1. The van der Waals surface area contributed by atoms with Gasteiger partial charge in [0.1, 0.15) is 5.75 Å². The molecule has 0 fully saturated rings. The van der Waals surface area contributed by atoms with Crippen molar-refractivity contribution in [3.8, 4) is 5.75 Å². The van der Waals surface area contributed by atoms with Crippen LogP contribution < -0.4 is 20.7 Å². The van der Waals surface area contributed by atoms with E-state index in [1.807, 2.05) is 45.0 Å². The number of guanidine groups is 1. The molecule has 0 aliphatic rings. The monoisotopic (exact) mass is 364 g/mol. The number of rotatable bonds is 10. The molecule has 0 bridgehead atoms. The summed E-state index contributed by atoms with van der Waals surface area (Å²) in [6.45, 7) is 8.06. The smallest absolute Gasteiger partial charge is 0.227 e. The lowest BCUT2D eigenvalue weighted by Crippen LogP contribution is -2.46. The molecular weight excluding hydrogens is 332 g/mol. The first-order chi connectivity index (χ1) is 12.4. The van der Waals surface area contributed by atoms with Crippen LogP contribution in [0.25, 0.3) is 0 Å². The number of hydrogen-bond acceptors (Lipinski definition) is 4. The van der Waals surface area contributed by atoms with Crippen LogP contribution in [-0.4, -0.2) is 52.3 Å². The SMILES string of the molecule is CCNC(=O)C(C)(C)CNC(=NC)Nc1cccc(OCCCOC)c1. The summed E-state index contributed by atoms with van der Waals surface area (Å²) in [5.41, 5.74) is 0.318. The van der Waals surface area contributed by atoms with Gasteiger partial charge in [-0.3, -0.25) is 9.79 Å². The Hall–Kier alpha value is -2.28. The largest absolute Gasteiger partial charge is 0.493 e. The Morgan fingerprint density at radius 1 is 1.23 bits per heavy atom. The minimum Gasteiger partial charge on any atom is -0.493 e. The first-order valence-electron chi connectivity index (χ1n) is 8.90. The maximum absolute atomic E-state index is 12.1. The van der Waals surface area contributed by atoms with Gasteiger partial charge in [-0.2, -0.15) is 0 Å². The molecule has 1 aromatic rings. The van der Waals surface area contributed by atoms with Crippen LogP contribution in [0.4, 0.5) is 5.69 Å². The maximum Gasteiger partial charge on any atom is 0.227 e. The van der Waals surface area contributed by atoms with Crippen molar-refractivity contribution in [2.45, 2.75) is 27.2 Å². The third-order valence-electron chi connectivity index (χ3n) is 3.73. The van der Waals surface area contributed by atoms with E-state index in [0.717, 1.165) is 17.9 Å². The molecule has 0 aliphatic carbocycles. The summed E-state index contributed by atoms with van der Waals surface area (Å²) in [6.07, 6.45) is 0.840. The third-order valence-corrected chi connectivity index (χ3v) is 3.73. The number of benzene rings is 1. The second kappa shape index (κ2) is 11.4.